The van der Waals surface area contributed by atoms with Gasteiger partial charge in [-0.15, -0.1) is 0 Å². The molecule has 0 aromatic rings. The number of rotatable bonds is 16. The number of allylic oxidation sites excluding steroid dienone is 2. The van der Waals surface area contributed by atoms with Gasteiger partial charge >= 0.3 is 11.9 Å². The van der Waals surface area contributed by atoms with Gasteiger partial charge in [0.25, 0.3) is 0 Å². The molecule has 1 rings (SSSR count). The van der Waals surface area contributed by atoms with Crippen LogP contribution in [0, 0.1) is 0 Å². The highest BCUT2D eigenvalue weighted by molar-refractivity contribution is 5.87. The molecule has 1 unspecified atom stereocenters. The Balaban J connectivity index is 1.82. The fraction of sp³-hybridized carbons (Fsp3) is 0.826. The van der Waals surface area contributed by atoms with Gasteiger partial charge in [0, 0.05) is 13.0 Å². The molecule has 0 saturated carbocycles. The first kappa shape index (κ1) is 23.9. The van der Waals surface area contributed by atoms with Gasteiger partial charge in [0.05, 0.1) is 0 Å². The lowest BCUT2D eigenvalue weighted by molar-refractivity contribution is -0.166. The van der Waals surface area contributed by atoms with Crippen LogP contribution in [0.15, 0.2) is 12.2 Å². The first-order valence-corrected chi connectivity index (χ1v) is 11.2. The summed E-state index contributed by atoms with van der Waals surface area (Å²) in [5, 5.41) is 0. The molecule has 27 heavy (non-hydrogen) atoms. The molecule has 1 saturated heterocycles. The highest BCUT2D eigenvalue weighted by Gasteiger charge is 2.26. The number of hydrogen-bond donors (Lipinski definition) is 0. The van der Waals surface area contributed by atoms with Crippen LogP contribution in [0.4, 0.5) is 0 Å². The predicted octanol–water partition coefficient (Wildman–Crippen LogP) is 6.27. The van der Waals surface area contributed by atoms with Gasteiger partial charge in [-0.2, -0.15) is 0 Å². The Labute approximate surface area is 166 Å². The molecule has 0 radical (unpaired) electrons. The van der Waals surface area contributed by atoms with E-state index >= 15 is 0 Å². The SMILES string of the molecule is CCCCCCCC/C=C\CCCCCCCC(=O)OC(=O)C1CCCO1. The molecule has 1 aliphatic heterocycles. The lowest BCUT2D eigenvalue weighted by Crippen LogP contribution is -2.25. The van der Waals surface area contributed by atoms with Gasteiger partial charge in [0.2, 0.25) is 0 Å². The van der Waals surface area contributed by atoms with Gasteiger partial charge < -0.3 is 9.47 Å². The average molecular weight is 381 g/mol. The van der Waals surface area contributed by atoms with E-state index in [1.165, 1.54) is 57.8 Å². The zero-order chi connectivity index (χ0) is 19.6. The van der Waals surface area contributed by atoms with Crippen molar-refractivity contribution in [2.24, 2.45) is 0 Å². The summed E-state index contributed by atoms with van der Waals surface area (Å²) in [7, 11) is 0. The van der Waals surface area contributed by atoms with E-state index in [-0.39, 0.29) is 0 Å². The molecule has 0 aromatic carbocycles. The van der Waals surface area contributed by atoms with Crippen molar-refractivity contribution < 1.29 is 19.1 Å². The summed E-state index contributed by atoms with van der Waals surface area (Å²) in [6, 6.07) is 0. The molecule has 156 valence electrons. The maximum Gasteiger partial charge on any atom is 0.342 e. The van der Waals surface area contributed by atoms with E-state index in [0.717, 1.165) is 32.1 Å². The van der Waals surface area contributed by atoms with Crippen molar-refractivity contribution in [2.45, 2.75) is 116 Å². The van der Waals surface area contributed by atoms with E-state index in [4.69, 9.17) is 9.47 Å². The molecule has 0 amide bonds. The van der Waals surface area contributed by atoms with E-state index in [1.54, 1.807) is 0 Å². The Morgan fingerprint density at radius 1 is 0.889 bits per heavy atom. The molecule has 1 aliphatic rings. The Kier molecular flexibility index (Phi) is 15.0. The molecule has 0 aliphatic carbocycles. The predicted molar refractivity (Wildman–Crippen MR) is 110 cm³/mol. The third-order valence-corrected chi connectivity index (χ3v) is 5.05. The number of esters is 2. The molecule has 1 fully saturated rings. The molecular weight excluding hydrogens is 340 g/mol. The maximum atomic E-state index is 11.6. The topological polar surface area (TPSA) is 52.6 Å². The first-order valence-electron chi connectivity index (χ1n) is 11.2. The van der Waals surface area contributed by atoms with Crippen LogP contribution in [0.5, 0.6) is 0 Å². The van der Waals surface area contributed by atoms with Crippen LogP contribution in [0.25, 0.3) is 0 Å². The number of carbonyl (C=O) groups is 2. The Bertz CT molecular complexity index is 411. The molecule has 4 nitrogen and oxygen atoms in total. The highest BCUT2D eigenvalue weighted by Crippen LogP contribution is 2.14. The summed E-state index contributed by atoms with van der Waals surface area (Å²) in [6.45, 7) is 2.84. The Morgan fingerprint density at radius 3 is 2.07 bits per heavy atom. The summed E-state index contributed by atoms with van der Waals surface area (Å²) in [5.74, 6) is -0.918. The van der Waals surface area contributed by atoms with Crippen molar-refractivity contribution in [3.8, 4) is 0 Å². The van der Waals surface area contributed by atoms with Crippen molar-refractivity contribution in [2.75, 3.05) is 6.61 Å². The van der Waals surface area contributed by atoms with Gasteiger partial charge in [0.1, 0.15) is 0 Å². The fourth-order valence-electron chi connectivity index (χ4n) is 3.33. The van der Waals surface area contributed by atoms with Crippen molar-refractivity contribution in [3.63, 3.8) is 0 Å². The lowest BCUT2D eigenvalue weighted by atomic mass is 10.1. The molecule has 1 heterocycles. The van der Waals surface area contributed by atoms with Gasteiger partial charge in [0.15, 0.2) is 6.10 Å². The molecule has 0 aromatic heterocycles. The van der Waals surface area contributed by atoms with E-state index in [1.807, 2.05) is 0 Å². The minimum atomic E-state index is -0.525. The number of carbonyl (C=O) groups excluding carboxylic acids is 2. The third-order valence-electron chi connectivity index (χ3n) is 5.05. The maximum absolute atomic E-state index is 11.6. The van der Waals surface area contributed by atoms with E-state index in [9.17, 15) is 9.59 Å². The largest absolute Gasteiger partial charge is 0.391 e. The summed E-state index contributed by atoms with van der Waals surface area (Å²) in [4.78, 5) is 23.3. The average Bonchev–Trinajstić information content (AvgIpc) is 3.20. The van der Waals surface area contributed by atoms with Gasteiger partial charge in [-0.1, -0.05) is 70.4 Å². The quantitative estimate of drug-likeness (QED) is 0.137. The monoisotopic (exact) mass is 380 g/mol. The molecule has 1 atom stereocenters. The smallest absolute Gasteiger partial charge is 0.342 e. The molecular formula is C23H40O4. The Hall–Kier alpha value is -1.16. The van der Waals surface area contributed by atoms with Crippen molar-refractivity contribution >= 4 is 11.9 Å². The summed E-state index contributed by atoms with van der Waals surface area (Å²) < 4.78 is 10.1. The molecule has 4 heteroatoms. The van der Waals surface area contributed by atoms with Gasteiger partial charge in [-0.3, -0.25) is 4.79 Å². The van der Waals surface area contributed by atoms with E-state index in [0.29, 0.717) is 19.4 Å². The summed E-state index contributed by atoms with van der Waals surface area (Å²) in [5.41, 5.74) is 0. The van der Waals surface area contributed by atoms with E-state index < -0.39 is 18.0 Å². The highest BCUT2D eigenvalue weighted by atomic mass is 16.6. The second-order valence-corrected chi connectivity index (χ2v) is 7.63. The van der Waals surface area contributed by atoms with Crippen molar-refractivity contribution in [1.29, 1.82) is 0 Å². The first-order chi connectivity index (χ1) is 13.2. The summed E-state index contributed by atoms with van der Waals surface area (Å²) in [6.07, 6.45) is 21.9. The van der Waals surface area contributed by atoms with Crippen LogP contribution in [0.2, 0.25) is 0 Å². The fourth-order valence-corrected chi connectivity index (χ4v) is 3.33. The number of hydrogen-bond acceptors (Lipinski definition) is 4. The Morgan fingerprint density at radius 2 is 1.48 bits per heavy atom. The van der Waals surface area contributed by atoms with Gasteiger partial charge in [-0.25, -0.2) is 4.79 Å². The van der Waals surface area contributed by atoms with Crippen LogP contribution in [-0.2, 0) is 19.1 Å². The minimum absolute atomic E-state index is 0.330. The normalized spacial score (nSPS) is 16.9. The van der Waals surface area contributed by atoms with Crippen LogP contribution in [0.3, 0.4) is 0 Å². The van der Waals surface area contributed by atoms with Crippen LogP contribution in [0.1, 0.15) is 110 Å². The minimum Gasteiger partial charge on any atom is -0.391 e. The van der Waals surface area contributed by atoms with Crippen molar-refractivity contribution in [1.82, 2.24) is 0 Å². The van der Waals surface area contributed by atoms with Crippen LogP contribution < -0.4 is 0 Å². The van der Waals surface area contributed by atoms with Crippen molar-refractivity contribution in [3.05, 3.63) is 12.2 Å². The molecule has 0 spiro atoms. The van der Waals surface area contributed by atoms with Crippen LogP contribution >= 0.6 is 0 Å². The lowest BCUT2D eigenvalue weighted by Gasteiger charge is -2.07. The zero-order valence-corrected chi connectivity index (χ0v) is 17.4. The molecule has 0 N–H and O–H groups in total. The number of ether oxygens (including phenoxy) is 2. The standard InChI is InChI=1S/C23H40O4/c1-2-3-4-5-6-7-8-9-10-11-12-13-14-15-16-19-22(24)27-23(25)21-18-17-20-26-21/h9-10,21H,2-8,11-20H2,1H3/b10-9-. The third kappa shape index (κ3) is 13.6. The summed E-state index contributed by atoms with van der Waals surface area (Å²) >= 11 is 0. The second-order valence-electron chi connectivity index (χ2n) is 7.63. The molecule has 0 bridgehead atoms. The van der Waals surface area contributed by atoms with Crippen LogP contribution in [-0.4, -0.2) is 24.6 Å². The van der Waals surface area contributed by atoms with Gasteiger partial charge in [-0.05, 0) is 44.9 Å². The second kappa shape index (κ2) is 17.0. The zero-order valence-electron chi connectivity index (χ0n) is 17.4. The van der Waals surface area contributed by atoms with E-state index in [2.05, 4.69) is 19.1 Å². The number of unbranched alkanes of at least 4 members (excludes halogenated alkanes) is 11.